The van der Waals surface area contributed by atoms with Gasteiger partial charge in [-0.1, -0.05) is 98.3 Å². The standard InChI is InChI=1S/C26H24/c1-18(2)24-10-7-11-25(26(24)20-8-5-4-6-9-20)23-15-14-21-16-19(3)12-13-22(21)17-23/h4-18H,1-3H3. The van der Waals surface area contributed by atoms with E-state index >= 15 is 0 Å². The first-order chi connectivity index (χ1) is 12.6. The van der Waals surface area contributed by atoms with Crippen LogP contribution >= 0.6 is 0 Å². The van der Waals surface area contributed by atoms with E-state index in [9.17, 15) is 0 Å². The van der Waals surface area contributed by atoms with E-state index in [1.54, 1.807) is 0 Å². The van der Waals surface area contributed by atoms with Gasteiger partial charge in [-0.05, 0) is 57.5 Å². The Morgan fingerprint density at radius 1 is 0.615 bits per heavy atom. The molecule has 0 fully saturated rings. The van der Waals surface area contributed by atoms with Crippen LogP contribution in [0.2, 0.25) is 0 Å². The van der Waals surface area contributed by atoms with Gasteiger partial charge < -0.3 is 0 Å². The number of benzene rings is 4. The molecule has 0 heterocycles. The molecule has 4 aromatic carbocycles. The minimum Gasteiger partial charge on any atom is -0.0622 e. The van der Waals surface area contributed by atoms with Crippen LogP contribution in [0.3, 0.4) is 0 Å². The van der Waals surface area contributed by atoms with Crippen LogP contribution in [-0.4, -0.2) is 0 Å². The summed E-state index contributed by atoms with van der Waals surface area (Å²) in [5, 5.41) is 2.59. The summed E-state index contributed by atoms with van der Waals surface area (Å²) in [6, 6.07) is 31.0. The Morgan fingerprint density at radius 2 is 1.35 bits per heavy atom. The molecule has 0 spiro atoms. The van der Waals surface area contributed by atoms with E-state index in [4.69, 9.17) is 0 Å². The lowest BCUT2D eigenvalue weighted by Gasteiger charge is -2.18. The molecule has 0 aliphatic rings. The molecule has 0 aromatic heterocycles. The summed E-state index contributed by atoms with van der Waals surface area (Å²) >= 11 is 0. The third-order valence-corrected chi connectivity index (χ3v) is 5.09. The van der Waals surface area contributed by atoms with E-state index in [2.05, 4.69) is 106 Å². The van der Waals surface area contributed by atoms with Crippen LogP contribution in [-0.2, 0) is 0 Å². The van der Waals surface area contributed by atoms with E-state index in [1.807, 2.05) is 0 Å². The molecule has 0 bridgehead atoms. The van der Waals surface area contributed by atoms with Crippen LogP contribution in [0, 0.1) is 6.92 Å². The van der Waals surface area contributed by atoms with Crippen LogP contribution in [0.25, 0.3) is 33.0 Å². The zero-order valence-corrected chi connectivity index (χ0v) is 15.7. The Balaban J connectivity index is 1.97. The monoisotopic (exact) mass is 336 g/mol. The molecule has 0 saturated heterocycles. The molecule has 0 aliphatic carbocycles. The number of hydrogen-bond donors (Lipinski definition) is 0. The molecular weight excluding hydrogens is 312 g/mol. The maximum atomic E-state index is 2.32. The molecule has 0 aliphatic heterocycles. The Kier molecular flexibility index (Phi) is 4.34. The highest BCUT2D eigenvalue weighted by Crippen LogP contribution is 2.38. The quantitative estimate of drug-likeness (QED) is 0.361. The first kappa shape index (κ1) is 16.6. The number of aryl methyl sites for hydroxylation is 1. The fourth-order valence-corrected chi connectivity index (χ4v) is 3.75. The Bertz CT molecular complexity index is 1060. The maximum absolute atomic E-state index is 2.32. The molecule has 0 N–H and O–H groups in total. The molecule has 0 unspecified atom stereocenters. The third-order valence-electron chi connectivity index (χ3n) is 5.09. The zero-order chi connectivity index (χ0) is 18.1. The van der Waals surface area contributed by atoms with Crippen molar-refractivity contribution in [3.8, 4) is 22.3 Å². The van der Waals surface area contributed by atoms with E-state index < -0.39 is 0 Å². The van der Waals surface area contributed by atoms with E-state index in [0.717, 1.165) is 0 Å². The van der Waals surface area contributed by atoms with Gasteiger partial charge in [0.15, 0.2) is 0 Å². The largest absolute Gasteiger partial charge is 0.0622 e. The molecule has 0 amide bonds. The third kappa shape index (κ3) is 3.04. The van der Waals surface area contributed by atoms with Gasteiger partial charge >= 0.3 is 0 Å². The second kappa shape index (κ2) is 6.80. The summed E-state index contributed by atoms with van der Waals surface area (Å²) < 4.78 is 0. The number of rotatable bonds is 3. The minimum atomic E-state index is 0.480. The van der Waals surface area contributed by atoms with E-state index in [-0.39, 0.29) is 0 Å². The highest BCUT2D eigenvalue weighted by molar-refractivity contribution is 5.92. The number of fused-ring (bicyclic) bond motifs is 1. The van der Waals surface area contributed by atoms with Crippen molar-refractivity contribution in [2.75, 3.05) is 0 Å². The Labute approximate surface area is 156 Å². The van der Waals surface area contributed by atoms with Crippen molar-refractivity contribution in [3.63, 3.8) is 0 Å². The van der Waals surface area contributed by atoms with Crippen molar-refractivity contribution in [2.24, 2.45) is 0 Å². The Morgan fingerprint density at radius 3 is 2.12 bits per heavy atom. The van der Waals surface area contributed by atoms with Crippen LogP contribution in [0.4, 0.5) is 0 Å². The van der Waals surface area contributed by atoms with Gasteiger partial charge in [0.05, 0.1) is 0 Å². The van der Waals surface area contributed by atoms with Crippen LogP contribution < -0.4 is 0 Å². The molecule has 128 valence electrons. The van der Waals surface area contributed by atoms with Crippen LogP contribution in [0.5, 0.6) is 0 Å². The molecule has 0 radical (unpaired) electrons. The summed E-state index contributed by atoms with van der Waals surface area (Å²) in [6.45, 7) is 6.69. The van der Waals surface area contributed by atoms with Gasteiger partial charge in [0, 0.05) is 0 Å². The first-order valence-electron chi connectivity index (χ1n) is 9.32. The smallest absolute Gasteiger partial charge is 0.00707 e. The van der Waals surface area contributed by atoms with Crippen molar-refractivity contribution < 1.29 is 0 Å². The van der Waals surface area contributed by atoms with Gasteiger partial charge in [0.1, 0.15) is 0 Å². The molecule has 0 atom stereocenters. The second-order valence-corrected chi connectivity index (χ2v) is 7.36. The highest BCUT2D eigenvalue weighted by Gasteiger charge is 2.14. The van der Waals surface area contributed by atoms with Crippen molar-refractivity contribution >= 4 is 10.8 Å². The molecule has 0 saturated carbocycles. The SMILES string of the molecule is Cc1ccc2cc(-c3cccc(C(C)C)c3-c3ccccc3)ccc2c1. The molecule has 4 rings (SSSR count). The van der Waals surface area contributed by atoms with Gasteiger partial charge in [-0.25, -0.2) is 0 Å². The summed E-state index contributed by atoms with van der Waals surface area (Å²) in [5.74, 6) is 0.480. The fraction of sp³-hybridized carbons (Fsp3) is 0.154. The zero-order valence-electron chi connectivity index (χ0n) is 15.7. The molecule has 4 aromatic rings. The minimum absolute atomic E-state index is 0.480. The van der Waals surface area contributed by atoms with Crippen molar-refractivity contribution in [3.05, 3.63) is 96.1 Å². The van der Waals surface area contributed by atoms with Crippen molar-refractivity contribution in [2.45, 2.75) is 26.7 Å². The lowest BCUT2D eigenvalue weighted by Crippen LogP contribution is -1.95. The van der Waals surface area contributed by atoms with E-state index in [0.29, 0.717) is 5.92 Å². The van der Waals surface area contributed by atoms with Crippen molar-refractivity contribution in [1.29, 1.82) is 0 Å². The van der Waals surface area contributed by atoms with Gasteiger partial charge in [0.2, 0.25) is 0 Å². The number of hydrogen-bond acceptors (Lipinski definition) is 0. The van der Waals surface area contributed by atoms with Gasteiger partial charge in [-0.15, -0.1) is 0 Å². The highest BCUT2D eigenvalue weighted by atomic mass is 14.2. The summed E-state index contributed by atoms with van der Waals surface area (Å²) in [6.07, 6.45) is 0. The molecular formula is C26H24. The normalized spacial score (nSPS) is 11.2. The second-order valence-electron chi connectivity index (χ2n) is 7.36. The summed E-state index contributed by atoms with van der Waals surface area (Å²) in [7, 11) is 0. The maximum Gasteiger partial charge on any atom is -0.00707 e. The van der Waals surface area contributed by atoms with Crippen LogP contribution in [0.1, 0.15) is 30.9 Å². The lowest BCUT2D eigenvalue weighted by atomic mass is 9.86. The molecule has 0 nitrogen and oxygen atoms in total. The predicted octanol–water partition coefficient (Wildman–Crippen LogP) is 7.61. The topological polar surface area (TPSA) is 0 Å². The predicted molar refractivity (Wildman–Crippen MR) is 114 cm³/mol. The Hall–Kier alpha value is -2.86. The summed E-state index contributed by atoms with van der Waals surface area (Å²) in [4.78, 5) is 0. The first-order valence-corrected chi connectivity index (χ1v) is 9.32. The van der Waals surface area contributed by atoms with Crippen molar-refractivity contribution in [1.82, 2.24) is 0 Å². The lowest BCUT2D eigenvalue weighted by molar-refractivity contribution is 0.869. The van der Waals surface area contributed by atoms with Gasteiger partial charge in [0.25, 0.3) is 0 Å². The molecule has 0 heteroatoms. The van der Waals surface area contributed by atoms with Gasteiger partial charge in [-0.3, -0.25) is 0 Å². The average Bonchev–Trinajstić information content (AvgIpc) is 2.67. The van der Waals surface area contributed by atoms with Gasteiger partial charge in [-0.2, -0.15) is 0 Å². The van der Waals surface area contributed by atoms with E-state index in [1.165, 1.54) is 44.2 Å². The fourth-order valence-electron chi connectivity index (χ4n) is 3.75. The average molecular weight is 336 g/mol. The molecule has 26 heavy (non-hydrogen) atoms. The summed E-state index contributed by atoms with van der Waals surface area (Å²) in [5.41, 5.74) is 7.94. The van der Waals surface area contributed by atoms with Crippen LogP contribution in [0.15, 0.2) is 84.9 Å².